The van der Waals surface area contributed by atoms with Gasteiger partial charge in [-0.3, -0.25) is 0 Å². The van der Waals surface area contributed by atoms with E-state index in [1.165, 1.54) is 6.08 Å². The molecule has 0 aromatic carbocycles. The zero-order valence-electron chi connectivity index (χ0n) is 5.42. The lowest BCUT2D eigenvalue weighted by Gasteiger charge is -2.00. The minimum absolute atomic E-state index is 0.0170. The number of rotatable bonds is 4. The number of hydrogen-bond acceptors (Lipinski definition) is 3. The Hall–Kier alpha value is -0.830. The van der Waals surface area contributed by atoms with E-state index in [1.54, 1.807) is 6.92 Å². The van der Waals surface area contributed by atoms with Crippen molar-refractivity contribution in [3.05, 3.63) is 11.8 Å². The molecule has 0 saturated heterocycles. The molecule has 3 nitrogen and oxygen atoms in total. The molecule has 0 radical (unpaired) electrons. The smallest absolute Gasteiger partial charge is 0.111 e. The molecule has 0 aliphatic carbocycles. The highest BCUT2D eigenvalue weighted by molar-refractivity contribution is 5.68. The van der Waals surface area contributed by atoms with Gasteiger partial charge < -0.3 is 15.3 Å². The van der Waals surface area contributed by atoms with Crippen molar-refractivity contribution in [2.45, 2.75) is 6.92 Å². The lowest BCUT2D eigenvalue weighted by molar-refractivity contribution is 0.146. The number of ether oxygens (including phenoxy) is 1. The summed E-state index contributed by atoms with van der Waals surface area (Å²) in [6.45, 7) is 2.06. The SMILES string of the molecule is C/C(=C\C=N)OCCO. The Balaban J connectivity index is 3.36. The summed E-state index contributed by atoms with van der Waals surface area (Å²) in [5.41, 5.74) is 0. The molecule has 0 saturated carbocycles. The predicted molar refractivity (Wildman–Crippen MR) is 35.6 cm³/mol. The molecule has 0 bridgehead atoms. The van der Waals surface area contributed by atoms with Gasteiger partial charge in [0.25, 0.3) is 0 Å². The van der Waals surface area contributed by atoms with Crippen molar-refractivity contribution in [3.63, 3.8) is 0 Å². The van der Waals surface area contributed by atoms with E-state index in [4.69, 9.17) is 15.3 Å². The highest BCUT2D eigenvalue weighted by atomic mass is 16.5. The van der Waals surface area contributed by atoms with Crippen molar-refractivity contribution in [1.29, 1.82) is 5.41 Å². The van der Waals surface area contributed by atoms with Gasteiger partial charge in [-0.1, -0.05) is 0 Å². The molecule has 0 aliphatic heterocycles. The van der Waals surface area contributed by atoms with Gasteiger partial charge in [0.1, 0.15) is 6.61 Å². The van der Waals surface area contributed by atoms with Gasteiger partial charge in [0, 0.05) is 6.21 Å². The normalized spacial score (nSPS) is 11.1. The number of allylic oxidation sites excluding steroid dienone is 2. The first-order valence-electron chi connectivity index (χ1n) is 2.72. The van der Waals surface area contributed by atoms with Crippen molar-refractivity contribution in [1.82, 2.24) is 0 Å². The first-order chi connectivity index (χ1) is 4.31. The van der Waals surface area contributed by atoms with Gasteiger partial charge in [-0.2, -0.15) is 0 Å². The molecular formula is C6H11NO2. The largest absolute Gasteiger partial charge is 0.496 e. The summed E-state index contributed by atoms with van der Waals surface area (Å²) in [7, 11) is 0. The molecule has 0 heterocycles. The van der Waals surface area contributed by atoms with Crippen LogP contribution in [0.25, 0.3) is 0 Å². The second-order valence-corrected chi connectivity index (χ2v) is 1.52. The third kappa shape index (κ3) is 5.03. The zero-order chi connectivity index (χ0) is 7.11. The summed E-state index contributed by atoms with van der Waals surface area (Å²) in [6, 6.07) is 0. The van der Waals surface area contributed by atoms with Crippen LogP contribution >= 0.6 is 0 Å². The second-order valence-electron chi connectivity index (χ2n) is 1.52. The fourth-order valence-corrected chi connectivity index (χ4v) is 0.372. The minimum Gasteiger partial charge on any atom is -0.496 e. The average molecular weight is 129 g/mol. The van der Waals surface area contributed by atoms with Crippen LogP contribution < -0.4 is 0 Å². The summed E-state index contributed by atoms with van der Waals surface area (Å²) >= 11 is 0. The number of aliphatic hydroxyl groups is 1. The van der Waals surface area contributed by atoms with Crippen LogP contribution in [-0.2, 0) is 4.74 Å². The van der Waals surface area contributed by atoms with E-state index in [0.717, 1.165) is 6.21 Å². The van der Waals surface area contributed by atoms with E-state index < -0.39 is 0 Å². The summed E-state index contributed by atoms with van der Waals surface area (Å²) < 4.78 is 4.89. The molecule has 9 heavy (non-hydrogen) atoms. The summed E-state index contributed by atoms with van der Waals surface area (Å²) in [5, 5.41) is 14.9. The molecule has 0 rings (SSSR count). The quantitative estimate of drug-likeness (QED) is 0.430. The predicted octanol–water partition coefficient (Wildman–Crippen LogP) is 0.549. The Morgan fingerprint density at radius 1 is 1.78 bits per heavy atom. The van der Waals surface area contributed by atoms with E-state index in [0.29, 0.717) is 12.4 Å². The van der Waals surface area contributed by atoms with Gasteiger partial charge in [-0.05, 0) is 13.0 Å². The molecule has 2 N–H and O–H groups in total. The Morgan fingerprint density at radius 3 is 2.89 bits per heavy atom. The fraction of sp³-hybridized carbons (Fsp3) is 0.500. The number of aliphatic hydroxyl groups excluding tert-OH is 1. The molecule has 0 spiro atoms. The second kappa shape index (κ2) is 5.31. The first kappa shape index (κ1) is 8.17. The lowest BCUT2D eigenvalue weighted by atomic mass is 10.5. The Kier molecular flexibility index (Phi) is 4.82. The lowest BCUT2D eigenvalue weighted by Crippen LogP contribution is -1.96. The van der Waals surface area contributed by atoms with Gasteiger partial charge in [-0.25, -0.2) is 0 Å². The molecule has 0 aromatic heterocycles. The molecule has 0 aromatic rings. The fourth-order valence-electron chi connectivity index (χ4n) is 0.372. The van der Waals surface area contributed by atoms with Gasteiger partial charge in [0.15, 0.2) is 0 Å². The molecule has 3 heteroatoms. The van der Waals surface area contributed by atoms with Crippen LogP contribution in [0, 0.1) is 5.41 Å². The third-order valence-electron chi connectivity index (χ3n) is 0.739. The van der Waals surface area contributed by atoms with Gasteiger partial charge in [0.05, 0.1) is 12.4 Å². The van der Waals surface area contributed by atoms with Crippen LogP contribution in [-0.4, -0.2) is 24.5 Å². The molecule has 0 unspecified atom stereocenters. The first-order valence-corrected chi connectivity index (χ1v) is 2.72. The van der Waals surface area contributed by atoms with Crippen LogP contribution in [0.2, 0.25) is 0 Å². The van der Waals surface area contributed by atoms with Crippen molar-refractivity contribution in [3.8, 4) is 0 Å². The van der Waals surface area contributed by atoms with Gasteiger partial charge >= 0.3 is 0 Å². The van der Waals surface area contributed by atoms with Gasteiger partial charge in [-0.15, -0.1) is 0 Å². The van der Waals surface area contributed by atoms with Crippen LogP contribution in [0.15, 0.2) is 11.8 Å². The minimum atomic E-state index is 0.0170. The van der Waals surface area contributed by atoms with Crippen molar-refractivity contribution >= 4 is 6.21 Å². The summed E-state index contributed by atoms with van der Waals surface area (Å²) in [4.78, 5) is 0. The Bertz CT molecular complexity index is 110. The van der Waals surface area contributed by atoms with Gasteiger partial charge in [0.2, 0.25) is 0 Å². The topological polar surface area (TPSA) is 53.3 Å². The zero-order valence-corrected chi connectivity index (χ0v) is 5.42. The van der Waals surface area contributed by atoms with E-state index in [9.17, 15) is 0 Å². The van der Waals surface area contributed by atoms with Crippen LogP contribution in [0.3, 0.4) is 0 Å². The Morgan fingerprint density at radius 2 is 2.44 bits per heavy atom. The molecular weight excluding hydrogens is 118 g/mol. The number of nitrogens with one attached hydrogen (secondary N) is 1. The third-order valence-corrected chi connectivity index (χ3v) is 0.739. The molecule has 0 aliphatic rings. The van der Waals surface area contributed by atoms with Crippen LogP contribution in [0.1, 0.15) is 6.92 Å². The standard InChI is InChI=1S/C6H11NO2/c1-6(2-3-7)9-5-4-8/h2-3,7-8H,4-5H2,1H3/b6-2+,7-3?. The van der Waals surface area contributed by atoms with Crippen LogP contribution in [0.5, 0.6) is 0 Å². The van der Waals surface area contributed by atoms with Crippen molar-refractivity contribution < 1.29 is 9.84 Å². The molecule has 0 amide bonds. The molecule has 0 atom stereocenters. The van der Waals surface area contributed by atoms with Crippen molar-refractivity contribution in [2.24, 2.45) is 0 Å². The maximum absolute atomic E-state index is 8.27. The van der Waals surface area contributed by atoms with Crippen molar-refractivity contribution in [2.75, 3.05) is 13.2 Å². The van der Waals surface area contributed by atoms with E-state index in [1.807, 2.05) is 0 Å². The Labute approximate surface area is 54.5 Å². The molecule has 0 fully saturated rings. The van der Waals surface area contributed by atoms with E-state index >= 15 is 0 Å². The summed E-state index contributed by atoms with van der Waals surface area (Å²) in [6.07, 6.45) is 2.67. The highest BCUT2D eigenvalue weighted by Gasteiger charge is 1.84. The molecule has 52 valence electrons. The number of hydrogen-bond donors (Lipinski definition) is 2. The maximum Gasteiger partial charge on any atom is 0.111 e. The van der Waals surface area contributed by atoms with E-state index in [-0.39, 0.29) is 6.61 Å². The summed E-state index contributed by atoms with van der Waals surface area (Å²) in [5.74, 6) is 0.652. The van der Waals surface area contributed by atoms with Crippen LogP contribution in [0.4, 0.5) is 0 Å². The monoisotopic (exact) mass is 129 g/mol. The highest BCUT2D eigenvalue weighted by Crippen LogP contribution is 1.91. The maximum atomic E-state index is 8.27. The van der Waals surface area contributed by atoms with E-state index in [2.05, 4.69) is 0 Å². The average Bonchev–Trinajstić information content (AvgIpc) is 1.85.